The second kappa shape index (κ2) is 5.77. The first-order valence-electron chi connectivity index (χ1n) is 7.87. The van der Waals surface area contributed by atoms with E-state index in [9.17, 15) is 4.79 Å². The number of rotatable bonds is 3. The van der Waals surface area contributed by atoms with Crippen LogP contribution in [0.25, 0.3) is 0 Å². The number of likely N-dealkylation sites (N-methyl/N-ethyl adjacent to an activating group) is 1. The smallest absolute Gasteiger partial charge is 0.240 e. The van der Waals surface area contributed by atoms with Crippen molar-refractivity contribution in [2.45, 2.75) is 38.4 Å². The molecule has 2 saturated heterocycles. The summed E-state index contributed by atoms with van der Waals surface area (Å²) < 4.78 is 2.18. The molecule has 0 unspecified atom stereocenters. The maximum absolute atomic E-state index is 12.3. The van der Waals surface area contributed by atoms with Crippen LogP contribution in [0.4, 0.5) is 0 Å². The van der Waals surface area contributed by atoms with Gasteiger partial charge in [-0.3, -0.25) is 14.6 Å². The quantitative estimate of drug-likeness (QED) is 0.870. The Kier molecular flexibility index (Phi) is 3.99. The maximum Gasteiger partial charge on any atom is 0.240 e. The van der Waals surface area contributed by atoms with Crippen LogP contribution in [0.2, 0.25) is 0 Å². The van der Waals surface area contributed by atoms with E-state index < -0.39 is 0 Å². The molecule has 1 amide bonds. The van der Waals surface area contributed by atoms with Crippen LogP contribution in [-0.2, 0) is 17.9 Å². The van der Waals surface area contributed by atoms with Gasteiger partial charge in [-0.15, -0.1) is 0 Å². The molecule has 21 heavy (non-hydrogen) atoms. The first kappa shape index (κ1) is 14.5. The number of piperidine rings is 1. The molecule has 0 radical (unpaired) electrons. The zero-order valence-electron chi connectivity index (χ0n) is 13.0. The molecule has 2 fully saturated rings. The molecule has 0 aliphatic carbocycles. The molecule has 0 aromatic carbocycles. The number of carbonyl (C=O) groups excluding carboxylic acids is 1. The van der Waals surface area contributed by atoms with Crippen molar-refractivity contribution in [3.8, 4) is 0 Å². The van der Waals surface area contributed by atoms with Crippen LogP contribution in [0.3, 0.4) is 0 Å². The fourth-order valence-corrected chi connectivity index (χ4v) is 3.56. The molecular weight excluding hydrogens is 266 g/mol. The predicted octanol–water partition coefficient (Wildman–Crippen LogP) is 0.299. The van der Waals surface area contributed by atoms with E-state index in [1.807, 2.05) is 12.4 Å². The third-order valence-corrected chi connectivity index (χ3v) is 5.08. The monoisotopic (exact) mass is 291 g/mol. The molecule has 3 rings (SSSR count). The van der Waals surface area contributed by atoms with E-state index in [4.69, 9.17) is 0 Å². The number of likely N-dealkylation sites (tertiary alicyclic amines) is 1. The maximum atomic E-state index is 12.3. The van der Waals surface area contributed by atoms with Gasteiger partial charge < -0.3 is 9.88 Å². The first-order chi connectivity index (χ1) is 10.2. The number of aryl methyl sites for hydroxylation is 1. The normalized spacial score (nSPS) is 23.4. The molecule has 1 spiro atoms. The lowest BCUT2D eigenvalue weighted by Crippen LogP contribution is -2.66. The lowest BCUT2D eigenvalue weighted by atomic mass is 9.83. The van der Waals surface area contributed by atoms with Gasteiger partial charge in [0.2, 0.25) is 5.91 Å². The van der Waals surface area contributed by atoms with Crippen molar-refractivity contribution in [1.29, 1.82) is 0 Å². The molecule has 116 valence electrons. The van der Waals surface area contributed by atoms with Crippen molar-refractivity contribution < 1.29 is 4.79 Å². The molecule has 6 heteroatoms. The molecule has 6 nitrogen and oxygen atoms in total. The first-order valence-corrected chi connectivity index (χ1v) is 7.87. The molecule has 0 atom stereocenters. The Hall–Kier alpha value is -1.40. The van der Waals surface area contributed by atoms with Gasteiger partial charge in [-0.25, -0.2) is 4.98 Å². The van der Waals surface area contributed by atoms with Crippen molar-refractivity contribution in [3.63, 3.8) is 0 Å². The van der Waals surface area contributed by atoms with Crippen molar-refractivity contribution >= 4 is 5.91 Å². The van der Waals surface area contributed by atoms with Gasteiger partial charge in [0.1, 0.15) is 11.4 Å². The summed E-state index contributed by atoms with van der Waals surface area (Å²) in [6.07, 6.45) is 5.71. The van der Waals surface area contributed by atoms with E-state index in [2.05, 4.69) is 38.6 Å². The van der Waals surface area contributed by atoms with Gasteiger partial charge >= 0.3 is 0 Å². The number of nitrogens with one attached hydrogen (secondary N) is 1. The van der Waals surface area contributed by atoms with E-state index in [1.54, 1.807) is 0 Å². The van der Waals surface area contributed by atoms with Crippen LogP contribution in [0, 0.1) is 0 Å². The average Bonchev–Trinajstić information content (AvgIpc) is 2.94. The van der Waals surface area contributed by atoms with Gasteiger partial charge in [-0.2, -0.15) is 0 Å². The molecule has 1 aromatic heterocycles. The minimum atomic E-state index is -0.283. The highest BCUT2D eigenvalue weighted by atomic mass is 16.2. The third-order valence-electron chi connectivity index (χ3n) is 5.08. The number of hydrogen-bond acceptors (Lipinski definition) is 4. The summed E-state index contributed by atoms with van der Waals surface area (Å²) in [7, 11) is 2.08. The summed E-state index contributed by atoms with van der Waals surface area (Å²) in [5.41, 5.74) is -0.283. The number of imidazole rings is 1. The van der Waals surface area contributed by atoms with Gasteiger partial charge in [-0.05, 0) is 26.8 Å². The predicted molar refractivity (Wildman–Crippen MR) is 80.8 cm³/mol. The van der Waals surface area contributed by atoms with Gasteiger partial charge in [0.25, 0.3) is 0 Å². The van der Waals surface area contributed by atoms with Crippen LogP contribution in [0.15, 0.2) is 12.4 Å². The summed E-state index contributed by atoms with van der Waals surface area (Å²) in [5.74, 6) is 1.33. The van der Waals surface area contributed by atoms with E-state index in [0.717, 1.165) is 57.9 Å². The number of piperazine rings is 1. The summed E-state index contributed by atoms with van der Waals surface area (Å²) in [6, 6.07) is 0. The van der Waals surface area contributed by atoms with E-state index in [1.165, 1.54) is 0 Å². The summed E-state index contributed by atoms with van der Waals surface area (Å²) in [4.78, 5) is 21.4. The number of carbonyl (C=O) groups is 1. The van der Waals surface area contributed by atoms with Crippen molar-refractivity contribution in [2.75, 3.05) is 33.2 Å². The lowest BCUT2D eigenvalue weighted by molar-refractivity contribution is -0.140. The van der Waals surface area contributed by atoms with Crippen molar-refractivity contribution in [2.24, 2.45) is 0 Å². The van der Waals surface area contributed by atoms with Crippen molar-refractivity contribution in [1.82, 2.24) is 24.7 Å². The zero-order valence-corrected chi connectivity index (χ0v) is 13.0. The zero-order chi connectivity index (χ0) is 14.9. The molecule has 0 bridgehead atoms. The second-order valence-corrected chi connectivity index (χ2v) is 6.11. The van der Waals surface area contributed by atoms with Crippen molar-refractivity contribution in [3.05, 3.63) is 18.2 Å². The average molecular weight is 291 g/mol. The highest BCUT2D eigenvalue weighted by molar-refractivity contribution is 5.87. The fourth-order valence-electron chi connectivity index (χ4n) is 3.56. The van der Waals surface area contributed by atoms with Crippen LogP contribution < -0.4 is 5.32 Å². The SMILES string of the molecule is CCn1ccnc1CN1CCC2(CC1)C(=O)NCCN2C. The van der Waals surface area contributed by atoms with Crippen LogP contribution in [-0.4, -0.2) is 64.0 Å². The fraction of sp³-hybridized carbons (Fsp3) is 0.733. The highest BCUT2D eigenvalue weighted by Gasteiger charge is 2.46. The summed E-state index contributed by atoms with van der Waals surface area (Å²) in [5, 5.41) is 3.04. The molecule has 2 aliphatic heterocycles. The minimum absolute atomic E-state index is 0.214. The topological polar surface area (TPSA) is 53.4 Å². The summed E-state index contributed by atoms with van der Waals surface area (Å²) in [6.45, 7) is 7.60. The van der Waals surface area contributed by atoms with Crippen LogP contribution in [0.1, 0.15) is 25.6 Å². The van der Waals surface area contributed by atoms with Crippen LogP contribution in [0.5, 0.6) is 0 Å². The summed E-state index contributed by atoms with van der Waals surface area (Å²) >= 11 is 0. The standard InChI is InChI=1S/C15H25N5O/c1-3-20-11-7-16-13(20)12-19-8-4-15(5-9-19)14(21)17-6-10-18(15)2/h7,11H,3-6,8-10,12H2,1-2H3,(H,17,21). The Morgan fingerprint density at radius 2 is 2.10 bits per heavy atom. The van der Waals surface area contributed by atoms with E-state index in [-0.39, 0.29) is 11.4 Å². The van der Waals surface area contributed by atoms with Gasteiger partial charge in [0, 0.05) is 45.1 Å². The highest BCUT2D eigenvalue weighted by Crippen LogP contribution is 2.30. The third kappa shape index (κ3) is 2.58. The van der Waals surface area contributed by atoms with E-state index in [0.29, 0.717) is 0 Å². The number of amides is 1. The van der Waals surface area contributed by atoms with Gasteiger partial charge in [0.15, 0.2) is 0 Å². The molecule has 1 aromatic rings. The second-order valence-electron chi connectivity index (χ2n) is 6.11. The molecular formula is C15H25N5O. The van der Waals surface area contributed by atoms with Gasteiger partial charge in [-0.1, -0.05) is 0 Å². The Morgan fingerprint density at radius 3 is 2.76 bits per heavy atom. The largest absolute Gasteiger partial charge is 0.353 e. The van der Waals surface area contributed by atoms with Gasteiger partial charge in [0.05, 0.1) is 6.54 Å². The van der Waals surface area contributed by atoms with Crippen LogP contribution >= 0.6 is 0 Å². The molecule has 3 heterocycles. The Morgan fingerprint density at radius 1 is 1.33 bits per heavy atom. The molecule has 2 aliphatic rings. The Bertz CT molecular complexity index is 504. The minimum Gasteiger partial charge on any atom is -0.353 e. The number of aromatic nitrogens is 2. The molecule has 0 saturated carbocycles. The Labute approximate surface area is 126 Å². The number of hydrogen-bond donors (Lipinski definition) is 1. The lowest BCUT2D eigenvalue weighted by Gasteiger charge is -2.48. The number of nitrogens with zero attached hydrogens (tertiary/aromatic N) is 4. The molecule has 1 N–H and O–H groups in total. The van der Waals surface area contributed by atoms with E-state index >= 15 is 0 Å². The Balaban J connectivity index is 1.63.